The number of esters is 1. The van der Waals surface area contributed by atoms with Gasteiger partial charge in [0, 0.05) is 66.8 Å². The van der Waals surface area contributed by atoms with Crippen LogP contribution < -0.4 is 10.1 Å². The quantitative estimate of drug-likeness (QED) is 0.0299. The van der Waals surface area contributed by atoms with E-state index >= 15 is 0 Å². The van der Waals surface area contributed by atoms with Crippen LogP contribution in [0.3, 0.4) is 0 Å². The van der Waals surface area contributed by atoms with Crippen molar-refractivity contribution in [3.05, 3.63) is 94.6 Å². The van der Waals surface area contributed by atoms with Crippen LogP contribution >= 0.6 is 0 Å². The molecule has 93 heavy (non-hydrogen) atoms. The first-order valence-corrected chi connectivity index (χ1v) is 33.2. The van der Waals surface area contributed by atoms with Crippen LogP contribution in [0.15, 0.2) is 48.7 Å². The first-order chi connectivity index (χ1) is 45.6. The number of carbonyl (C=O) groups excluding carboxylic acids is 3. The molecule has 5 atom stereocenters. The number of carbonyl (C=O) groups is 3. The van der Waals surface area contributed by atoms with Crippen LogP contribution in [0, 0.1) is 35.7 Å². The minimum Gasteiger partial charge on any atom is -0.420 e. The van der Waals surface area contributed by atoms with E-state index in [2.05, 4.69) is 61.0 Å². The van der Waals surface area contributed by atoms with E-state index in [4.69, 9.17) is 61.8 Å². The second-order valence-electron chi connectivity index (χ2n) is 23.8. The average molecular weight is 1310 g/mol. The van der Waals surface area contributed by atoms with Gasteiger partial charge in [-0.05, 0) is 51.0 Å². The van der Waals surface area contributed by atoms with Gasteiger partial charge in [-0.3, -0.25) is 19.3 Å². The zero-order valence-corrected chi connectivity index (χ0v) is 53.9. The van der Waals surface area contributed by atoms with Crippen LogP contribution in [0.5, 0.6) is 5.75 Å². The number of aryl methyl sites for hydroxylation is 1. The fraction of sp³-hybridized carbons (Fsp3) is 0.697. The molecule has 1 N–H and O–H groups in total. The van der Waals surface area contributed by atoms with Crippen LogP contribution in [-0.4, -0.2) is 229 Å². The molecule has 3 aliphatic carbocycles. The third kappa shape index (κ3) is 21.5. The number of piperidine rings is 2. The number of imidazole rings is 1. The van der Waals surface area contributed by atoms with Gasteiger partial charge in [-0.1, -0.05) is 48.4 Å². The molecule has 4 fully saturated rings. The minimum absolute atomic E-state index is 0.0350. The Bertz CT molecular complexity index is 2840. The Labute approximate surface area is 542 Å². The maximum atomic E-state index is 13.6. The molecule has 5 aliphatic rings. The third-order valence-electron chi connectivity index (χ3n) is 17.9. The number of nitrogens with zero attached hydrogens (tertiary/aromatic N) is 7. The lowest BCUT2D eigenvalue weighted by Crippen LogP contribution is -2.85. The van der Waals surface area contributed by atoms with Gasteiger partial charge in [0.05, 0.1) is 202 Å². The second-order valence-corrected chi connectivity index (χ2v) is 23.8. The number of nitrogens with one attached hydrogen (secondary N) is 1. The Hall–Kier alpha value is -5.53. The molecule has 4 unspecified atom stereocenters. The average Bonchev–Trinajstić information content (AvgIpc) is 1.31. The first-order valence-electron chi connectivity index (χ1n) is 33.2. The van der Waals surface area contributed by atoms with Crippen molar-refractivity contribution in [1.29, 1.82) is 0 Å². The molecule has 4 heterocycles. The van der Waals surface area contributed by atoms with E-state index in [0.717, 1.165) is 63.0 Å². The van der Waals surface area contributed by atoms with Gasteiger partial charge in [0.15, 0.2) is 11.6 Å². The highest BCUT2D eigenvalue weighted by Gasteiger charge is 2.75. The zero-order valence-electron chi connectivity index (χ0n) is 53.9. The molecule has 9 rings (SSSR count). The van der Waals surface area contributed by atoms with Crippen LogP contribution in [0.4, 0.5) is 13.2 Å². The summed E-state index contributed by atoms with van der Waals surface area (Å²) >= 11 is 0. The molecule has 2 aliphatic heterocycles. The van der Waals surface area contributed by atoms with Crippen LogP contribution in [0.2, 0.25) is 0 Å². The van der Waals surface area contributed by atoms with Gasteiger partial charge in [-0.2, -0.15) is 0 Å². The molecule has 1 spiro atoms. The maximum Gasteiger partial charge on any atom is 0.313 e. The van der Waals surface area contributed by atoms with Crippen LogP contribution in [0.1, 0.15) is 105 Å². The number of rotatable bonds is 49. The van der Waals surface area contributed by atoms with Crippen molar-refractivity contribution in [2.24, 2.45) is 11.3 Å². The smallest absolute Gasteiger partial charge is 0.313 e. The SMILES string of the molecule is Cc1nc2c(n1C1CC3N(CC[C@H](NC(=O)C4CCCC4)c4ccccc4)C4CCC431)CCN(C(=O)CCOCCOCCOCCOCc1cn(CCOCCOCCOCCOCCOCCOCCOCCOCCC(=O)Oc3c(F)cc(F)cc3F)nn1)C2. The van der Waals surface area contributed by atoms with E-state index in [1.165, 1.54) is 24.1 Å². The standard InChI is InChI=1S/C66H95F3N8O16/c1-49-70-57-47-74(17-13-58(57)77(49)61-45-60-66(61)16-11-59(66)76(60)18-12-56(50-7-3-2-4-8-50)71-65(80)51-9-5-6-10-51)62(78)14-20-81-23-26-84-39-40-91-41-42-92-48-53-46-75(73-72-53)19-22-83-25-28-86-30-32-88-34-36-90-38-37-89-35-33-87-31-29-85-27-24-82-21-15-63(79)93-64-54(68)43-52(67)44-55(64)69/h2-4,7-8,43-44,46,51,56,59-61H,5-6,9-42,45,47-48H2,1H3,(H,71,80)/t56-,59?,60?,61?,66?/m0/s1. The van der Waals surface area contributed by atoms with Gasteiger partial charge >= 0.3 is 5.97 Å². The molecule has 516 valence electrons. The molecule has 27 heteroatoms. The van der Waals surface area contributed by atoms with Crippen molar-refractivity contribution in [3.8, 4) is 5.75 Å². The van der Waals surface area contributed by atoms with E-state index in [1.807, 2.05) is 17.2 Å². The van der Waals surface area contributed by atoms with Gasteiger partial charge in [-0.25, -0.2) is 22.8 Å². The van der Waals surface area contributed by atoms with Crippen LogP contribution in [-0.2, 0) is 97.3 Å². The number of aromatic nitrogens is 5. The zero-order chi connectivity index (χ0) is 64.9. The Morgan fingerprint density at radius 1 is 0.634 bits per heavy atom. The second kappa shape index (κ2) is 38.9. The summed E-state index contributed by atoms with van der Waals surface area (Å²) in [4.78, 5) is 48.1. The number of ether oxygens (including phenoxy) is 13. The van der Waals surface area contributed by atoms with Crippen molar-refractivity contribution in [2.45, 2.75) is 121 Å². The summed E-state index contributed by atoms with van der Waals surface area (Å²) in [5, 5.41) is 11.8. The van der Waals surface area contributed by atoms with E-state index in [1.54, 1.807) is 4.68 Å². The van der Waals surface area contributed by atoms with Crippen molar-refractivity contribution in [1.82, 2.24) is 39.7 Å². The van der Waals surface area contributed by atoms with Gasteiger partial charge in [0.1, 0.15) is 17.3 Å². The molecule has 24 nitrogen and oxygen atoms in total. The summed E-state index contributed by atoms with van der Waals surface area (Å²) in [6, 6.07) is 13.0. The Balaban J connectivity index is 0.486. The summed E-state index contributed by atoms with van der Waals surface area (Å²) in [6.07, 6.45) is 11.6. The number of hydrogen-bond acceptors (Lipinski definition) is 20. The molecular weight excluding hydrogens is 1220 g/mol. The maximum absolute atomic E-state index is 13.6. The van der Waals surface area contributed by atoms with E-state index in [0.29, 0.717) is 206 Å². The summed E-state index contributed by atoms with van der Waals surface area (Å²) in [5.74, 6) is -4.05. The normalized spacial score (nSPS) is 19.6. The number of halogens is 3. The molecule has 3 saturated carbocycles. The molecule has 1 saturated heterocycles. The van der Waals surface area contributed by atoms with Crippen molar-refractivity contribution in [2.75, 3.05) is 165 Å². The monoisotopic (exact) mass is 1310 g/mol. The predicted molar refractivity (Wildman–Crippen MR) is 329 cm³/mol. The molecular formula is C66H95F3N8O16. The first kappa shape index (κ1) is 71.8. The summed E-state index contributed by atoms with van der Waals surface area (Å²) < 4.78 is 116. The van der Waals surface area contributed by atoms with Gasteiger partial charge < -0.3 is 76.4 Å². The predicted octanol–water partition coefficient (Wildman–Crippen LogP) is 6.09. The van der Waals surface area contributed by atoms with Crippen molar-refractivity contribution >= 4 is 17.8 Å². The van der Waals surface area contributed by atoms with E-state index < -0.39 is 29.2 Å². The minimum atomic E-state index is -1.31. The van der Waals surface area contributed by atoms with Crippen molar-refractivity contribution in [3.63, 3.8) is 0 Å². The fourth-order valence-corrected chi connectivity index (χ4v) is 13.2. The summed E-state index contributed by atoms with van der Waals surface area (Å²) in [6.45, 7) is 13.8. The number of amides is 2. The van der Waals surface area contributed by atoms with Gasteiger partial charge in [-0.15, -0.1) is 5.10 Å². The van der Waals surface area contributed by atoms with Gasteiger partial charge in [0.25, 0.3) is 0 Å². The number of fused-ring (bicyclic) bond motifs is 1. The molecule has 0 bridgehead atoms. The number of likely N-dealkylation sites (tertiary alicyclic amines) is 1. The molecule has 2 amide bonds. The lowest BCUT2D eigenvalue weighted by Gasteiger charge is -2.80. The van der Waals surface area contributed by atoms with Gasteiger partial charge in [0.2, 0.25) is 17.6 Å². The Morgan fingerprint density at radius 2 is 1.17 bits per heavy atom. The highest BCUT2D eigenvalue weighted by Crippen LogP contribution is 2.73. The van der Waals surface area contributed by atoms with Crippen molar-refractivity contribution < 1.29 is 89.1 Å². The Morgan fingerprint density at radius 3 is 1.72 bits per heavy atom. The topological polar surface area (TPSA) is 238 Å². The van der Waals surface area contributed by atoms with E-state index in [-0.39, 0.29) is 50.0 Å². The highest BCUT2D eigenvalue weighted by atomic mass is 19.1. The molecule has 2 aromatic carbocycles. The third-order valence-corrected chi connectivity index (χ3v) is 17.9. The fourth-order valence-electron chi connectivity index (χ4n) is 13.2. The largest absolute Gasteiger partial charge is 0.420 e. The van der Waals surface area contributed by atoms with Crippen LogP contribution in [0.25, 0.3) is 0 Å². The number of hydrogen-bond donors (Lipinski definition) is 1. The lowest BCUT2D eigenvalue weighted by atomic mass is 9.40. The Kier molecular flexibility index (Phi) is 30.0. The number of benzene rings is 2. The summed E-state index contributed by atoms with van der Waals surface area (Å²) in [5.41, 5.74) is 4.59. The molecule has 0 radical (unpaired) electrons. The molecule has 2 aromatic heterocycles. The summed E-state index contributed by atoms with van der Waals surface area (Å²) in [7, 11) is 0. The molecule has 4 aromatic rings. The van der Waals surface area contributed by atoms with E-state index in [9.17, 15) is 27.6 Å². The lowest BCUT2D eigenvalue weighted by molar-refractivity contribution is -0.295. The highest BCUT2D eigenvalue weighted by molar-refractivity contribution is 5.79.